The van der Waals surface area contributed by atoms with Gasteiger partial charge in [0.05, 0.1) is 36.8 Å². The summed E-state index contributed by atoms with van der Waals surface area (Å²) in [5.41, 5.74) is 0.654. The minimum atomic E-state index is -0.0475. The van der Waals surface area contributed by atoms with Crippen molar-refractivity contribution in [3.63, 3.8) is 0 Å². The zero-order valence-electron chi connectivity index (χ0n) is 13.4. The number of rotatable bonds is 6. The van der Waals surface area contributed by atoms with Crippen molar-refractivity contribution >= 4 is 38.6 Å². The van der Waals surface area contributed by atoms with Crippen LogP contribution in [0.15, 0.2) is 32.6 Å². The number of fused-ring (bicyclic) bond motifs is 1. The number of benzene rings is 1. The van der Waals surface area contributed by atoms with Gasteiger partial charge in [0, 0.05) is 17.3 Å². The van der Waals surface area contributed by atoms with Crippen LogP contribution in [0.25, 0.3) is 10.9 Å². The molecule has 2 heterocycles. The summed E-state index contributed by atoms with van der Waals surface area (Å²) in [6.07, 6.45) is 0.979. The van der Waals surface area contributed by atoms with Gasteiger partial charge in [0.25, 0.3) is 5.56 Å². The van der Waals surface area contributed by atoms with Crippen molar-refractivity contribution in [3.8, 4) is 0 Å². The van der Waals surface area contributed by atoms with Crippen molar-refractivity contribution in [2.75, 3.05) is 32.9 Å². The predicted molar refractivity (Wildman–Crippen MR) is 96.6 cm³/mol. The van der Waals surface area contributed by atoms with Crippen LogP contribution in [-0.4, -0.2) is 48.5 Å². The quantitative estimate of drug-likeness (QED) is 0.534. The van der Waals surface area contributed by atoms with Gasteiger partial charge in [0.2, 0.25) is 0 Å². The van der Waals surface area contributed by atoms with Crippen molar-refractivity contribution in [2.24, 2.45) is 0 Å². The molecule has 1 fully saturated rings. The second-order valence-electron chi connectivity index (χ2n) is 5.42. The Morgan fingerprint density at radius 1 is 1.50 bits per heavy atom. The van der Waals surface area contributed by atoms with E-state index in [1.165, 1.54) is 0 Å². The highest BCUT2D eigenvalue weighted by Crippen LogP contribution is 2.23. The average Bonchev–Trinajstić information content (AvgIpc) is 2.61. The second-order valence-corrected chi connectivity index (χ2v) is 7.32. The summed E-state index contributed by atoms with van der Waals surface area (Å²) in [6.45, 7) is 1.98. The number of thioether (sulfide) groups is 1. The molecule has 1 aliphatic heterocycles. The fourth-order valence-corrected chi connectivity index (χ4v) is 3.91. The van der Waals surface area contributed by atoms with Crippen molar-refractivity contribution in [1.29, 1.82) is 0 Å². The second kappa shape index (κ2) is 8.44. The first-order valence-electron chi connectivity index (χ1n) is 7.70. The number of methoxy groups -OCH3 is 1. The Morgan fingerprint density at radius 2 is 2.38 bits per heavy atom. The molecule has 0 radical (unpaired) electrons. The van der Waals surface area contributed by atoms with Gasteiger partial charge in [-0.15, -0.1) is 0 Å². The van der Waals surface area contributed by atoms with E-state index >= 15 is 0 Å². The molecule has 130 valence electrons. The van der Waals surface area contributed by atoms with Crippen LogP contribution in [-0.2, 0) is 20.8 Å². The molecule has 0 saturated carbocycles. The van der Waals surface area contributed by atoms with Gasteiger partial charge in [-0.2, -0.15) is 0 Å². The molecule has 24 heavy (non-hydrogen) atoms. The van der Waals surface area contributed by atoms with Gasteiger partial charge in [0.15, 0.2) is 5.16 Å². The van der Waals surface area contributed by atoms with Gasteiger partial charge >= 0.3 is 0 Å². The summed E-state index contributed by atoms with van der Waals surface area (Å²) in [7, 11) is 1.62. The lowest BCUT2D eigenvalue weighted by Crippen LogP contribution is -2.28. The van der Waals surface area contributed by atoms with Crippen LogP contribution >= 0.6 is 27.7 Å². The smallest absolute Gasteiger partial charge is 0.262 e. The topological polar surface area (TPSA) is 62.6 Å². The summed E-state index contributed by atoms with van der Waals surface area (Å²) in [4.78, 5) is 17.5. The van der Waals surface area contributed by atoms with Crippen molar-refractivity contribution in [2.45, 2.75) is 24.2 Å². The Kier molecular flexibility index (Phi) is 6.29. The maximum atomic E-state index is 12.8. The van der Waals surface area contributed by atoms with E-state index in [0.29, 0.717) is 42.6 Å². The van der Waals surface area contributed by atoms with E-state index in [1.54, 1.807) is 23.4 Å². The average molecular weight is 415 g/mol. The summed E-state index contributed by atoms with van der Waals surface area (Å²) >= 11 is 4.95. The van der Waals surface area contributed by atoms with Crippen LogP contribution < -0.4 is 5.56 Å². The molecule has 6 nitrogen and oxygen atoms in total. The van der Waals surface area contributed by atoms with Crippen LogP contribution in [0.1, 0.15) is 6.42 Å². The van der Waals surface area contributed by atoms with Crippen LogP contribution in [0, 0.1) is 0 Å². The highest BCUT2D eigenvalue weighted by molar-refractivity contribution is 9.10. The third kappa shape index (κ3) is 4.18. The van der Waals surface area contributed by atoms with Gasteiger partial charge in [-0.25, -0.2) is 4.98 Å². The number of halogens is 1. The van der Waals surface area contributed by atoms with E-state index in [9.17, 15) is 4.79 Å². The highest BCUT2D eigenvalue weighted by atomic mass is 79.9. The standard InChI is InChI=1S/C16H19BrN2O4S/c1-21-7-5-19-15(20)13-8-11(17)2-3-14(13)18-16(19)24-9-12-4-6-22-10-23-12/h2-3,8,12H,4-7,9-10H2,1H3/t12-/m1/s1. The molecule has 1 saturated heterocycles. The summed E-state index contributed by atoms with van der Waals surface area (Å²) in [6, 6.07) is 5.56. The molecule has 1 aliphatic rings. The molecular weight excluding hydrogens is 396 g/mol. The lowest BCUT2D eigenvalue weighted by Gasteiger charge is -2.22. The molecule has 1 aromatic heterocycles. The molecule has 1 atom stereocenters. The molecule has 0 unspecified atom stereocenters. The summed E-state index contributed by atoms with van der Waals surface area (Å²) in [5, 5.41) is 1.30. The number of hydrogen-bond acceptors (Lipinski definition) is 6. The monoisotopic (exact) mass is 414 g/mol. The van der Waals surface area contributed by atoms with Crippen LogP contribution in [0.2, 0.25) is 0 Å². The molecule has 0 N–H and O–H groups in total. The number of hydrogen-bond donors (Lipinski definition) is 0. The molecular formula is C16H19BrN2O4S. The van der Waals surface area contributed by atoms with E-state index in [0.717, 1.165) is 16.6 Å². The third-order valence-corrected chi connectivity index (χ3v) is 5.37. The lowest BCUT2D eigenvalue weighted by molar-refractivity contribution is -0.130. The Hall–Kier alpha value is -0.930. The van der Waals surface area contributed by atoms with E-state index in [-0.39, 0.29) is 11.7 Å². The predicted octanol–water partition coefficient (Wildman–Crippen LogP) is 2.66. The molecule has 1 aromatic carbocycles. The third-order valence-electron chi connectivity index (χ3n) is 3.77. The van der Waals surface area contributed by atoms with Gasteiger partial charge in [-0.1, -0.05) is 27.7 Å². The van der Waals surface area contributed by atoms with Crippen LogP contribution in [0.5, 0.6) is 0 Å². The van der Waals surface area contributed by atoms with E-state index < -0.39 is 0 Å². The van der Waals surface area contributed by atoms with Crippen LogP contribution in [0.3, 0.4) is 0 Å². The number of ether oxygens (including phenoxy) is 3. The first kappa shape index (κ1) is 17.9. The van der Waals surface area contributed by atoms with Crippen molar-refractivity contribution in [3.05, 3.63) is 33.0 Å². The fourth-order valence-electron chi connectivity index (χ4n) is 2.46. The van der Waals surface area contributed by atoms with Gasteiger partial charge in [0.1, 0.15) is 6.79 Å². The van der Waals surface area contributed by atoms with E-state index in [1.807, 2.05) is 18.2 Å². The van der Waals surface area contributed by atoms with E-state index in [2.05, 4.69) is 20.9 Å². The van der Waals surface area contributed by atoms with Gasteiger partial charge < -0.3 is 14.2 Å². The van der Waals surface area contributed by atoms with Crippen molar-refractivity contribution in [1.82, 2.24) is 9.55 Å². The van der Waals surface area contributed by atoms with Crippen LogP contribution in [0.4, 0.5) is 0 Å². The number of nitrogens with zero attached hydrogens (tertiary/aromatic N) is 2. The Labute approximate surface area is 152 Å². The normalized spacial score (nSPS) is 18.2. The van der Waals surface area contributed by atoms with Gasteiger partial charge in [-0.3, -0.25) is 9.36 Å². The first-order valence-corrected chi connectivity index (χ1v) is 9.48. The first-order chi connectivity index (χ1) is 11.7. The SMILES string of the molecule is COCCn1c(SC[C@H]2CCOCO2)nc2ccc(Br)cc2c1=O. The van der Waals surface area contributed by atoms with Crippen molar-refractivity contribution < 1.29 is 14.2 Å². The number of aromatic nitrogens is 2. The Morgan fingerprint density at radius 3 is 3.12 bits per heavy atom. The fraction of sp³-hybridized carbons (Fsp3) is 0.500. The minimum Gasteiger partial charge on any atom is -0.383 e. The zero-order chi connectivity index (χ0) is 16.9. The minimum absolute atomic E-state index is 0.0475. The molecule has 2 aromatic rings. The molecule has 0 amide bonds. The molecule has 3 rings (SSSR count). The molecule has 0 spiro atoms. The van der Waals surface area contributed by atoms with E-state index in [4.69, 9.17) is 14.2 Å². The maximum absolute atomic E-state index is 12.8. The lowest BCUT2D eigenvalue weighted by atomic mass is 10.2. The summed E-state index contributed by atoms with van der Waals surface area (Å²) in [5.74, 6) is 0.741. The van der Waals surface area contributed by atoms with Gasteiger partial charge in [-0.05, 0) is 24.6 Å². The largest absolute Gasteiger partial charge is 0.383 e. The molecule has 0 bridgehead atoms. The Bertz CT molecular complexity index is 762. The highest BCUT2D eigenvalue weighted by Gasteiger charge is 2.17. The molecule has 8 heteroatoms. The summed E-state index contributed by atoms with van der Waals surface area (Å²) < 4.78 is 18.4. The Balaban J connectivity index is 1.91. The zero-order valence-corrected chi connectivity index (χ0v) is 15.8. The maximum Gasteiger partial charge on any atom is 0.262 e. The molecule has 0 aliphatic carbocycles.